The Morgan fingerprint density at radius 1 is 1.16 bits per heavy atom. The number of piperidine rings is 1. The summed E-state index contributed by atoms with van der Waals surface area (Å²) in [5.41, 5.74) is 4.20. The van der Waals surface area contributed by atoms with Gasteiger partial charge < -0.3 is 10.2 Å². The number of fused-ring (bicyclic) bond motifs is 1. The van der Waals surface area contributed by atoms with Crippen LogP contribution in [0.3, 0.4) is 0 Å². The van der Waals surface area contributed by atoms with E-state index in [0.29, 0.717) is 6.42 Å². The van der Waals surface area contributed by atoms with Crippen LogP contribution in [0.15, 0.2) is 24.3 Å². The molecule has 3 rings (SSSR count). The quantitative estimate of drug-likeness (QED) is 0.821. The Bertz CT molecular complexity index is 735. The molecule has 0 saturated carbocycles. The smallest absolute Gasteiger partial charge is 0.224 e. The van der Waals surface area contributed by atoms with Crippen LogP contribution in [0.5, 0.6) is 0 Å². The molecule has 25 heavy (non-hydrogen) atoms. The number of amides is 1. The lowest BCUT2D eigenvalue weighted by Gasteiger charge is -2.26. The number of aromatic nitrogens is 1. The highest BCUT2D eigenvalue weighted by Crippen LogP contribution is 2.22. The number of rotatable bonds is 6. The summed E-state index contributed by atoms with van der Waals surface area (Å²) in [4.78, 5) is 19.5. The third-order valence-corrected chi connectivity index (χ3v) is 5.24. The number of nitrogens with zero attached hydrogens (tertiary/aromatic N) is 2. The maximum absolute atomic E-state index is 12.4. The zero-order chi connectivity index (χ0) is 17.6. The van der Waals surface area contributed by atoms with Gasteiger partial charge in [-0.1, -0.05) is 24.6 Å². The number of pyridine rings is 1. The van der Waals surface area contributed by atoms with Crippen molar-refractivity contribution < 1.29 is 4.79 Å². The van der Waals surface area contributed by atoms with E-state index in [-0.39, 0.29) is 5.91 Å². The minimum atomic E-state index is 0.0990. The largest absolute Gasteiger partial charge is 0.356 e. The number of benzene rings is 1. The van der Waals surface area contributed by atoms with Gasteiger partial charge in [-0.3, -0.25) is 9.78 Å². The van der Waals surface area contributed by atoms with E-state index in [9.17, 15) is 4.79 Å². The summed E-state index contributed by atoms with van der Waals surface area (Å²) in [6.07, 6.45) is 5.45. The van der Waals surface area contributed by atoms with Crippen LogP contribution in [-0.4, -0.2) is 42.0 Å². The monoisotopic (exact) mass is 339 g/mol. The van der Waals surface area contributed by atoms with Crippen molar-refractivity contribution in [3.05, 3.63) is 41.1 Å². The first kappa shape index (κ1) is 17.9. The lowest BCUT2D eigenvalue weighted by Crippen LogP contribution is -2.33. The maximum Gasteiger partial charge on any atom is 0.224 e. The number of nitrogens with one attached hydrogen (secondary N) is 1. The number of likely N-dealkylation sites (tertiary alicyclic amines) is 1. The van der Waals surface area contributed by atoms with Gasteiger partial charge >= 0.3 is 0 Å². The molecule has 2 heterocycles. The molecule has 1 aliphatic heterocycles. The zero-order valence-electron chi connectivity index (χ0n) is 15.5. The van der Waals surface area contributed by atoms with Crippen LogP contribution in [0.2, 0.25) is 0 Å². The Morgan fingerprint density at radius 2 is 1.92 bits per heavy atom. The van der Waals surface area contributed by atoms with Gasteiger partial charge in [0.05, 0.1) is 11.9 Å². The number of hydrogen-bond donors (Lipinski definition) is 1. The summed E-state index contributed by atoms with van der Waals surface area (Å²) in [6, 6.07) is 8.14. The molecule has 1 aromatic heterocycles. The van der Waals surface area contributed by atoms with Crippen LogP contribution < -0.4 is 5.32 Å². The van der Waals surface area contributed by atoms with E-state index in [1.165, 1.54) is 37.9 Å². The Morgan fingerprint density at radius 3 is 2.72 bits per heavy atom. The van der Waals surface area contributed by atoms with Gasteiger partial charge in [-0.05, 0) is 69.9 Å². The molecule has 4 heteroatoms. The average molecular weight is 339 g/mol. The number of aryl methyl sites for hydroxylation is 2. The van der Waals surface area contributed by atoms with Gasteiger partial charge in [0.2, 0.25) is 5.91 Å². The van der Waals surface area contributed by atoms with Crippen molar-refractivity contribution in [1.29, 1.82) is 0 Å². The van der Waals surface area contributed by atoms with E-state index in [0.717, 1.165) is 41.7 Å². The van der Waals surface area contributed by atoms with Crippen LogP contribution in [0.25, 0.3) is 10.9 Å². The van der Waals surface area contributed by atoms with Gasteiger partial charge in [0.1, 0.15) is 0 Å². The van der Waals surface area contributed by atoms with Crippen molar-refractivity contribution in [2.24, 2.45) is 0 Å². The fourth-order valence-corrected chi connectivity index (χ4v) is 3.77. The fourth-order valence-electron chi connectivity index (χ4n) is 3.77. The number of para-hydroxylation sites is 1. The number of hydrogen-bond acceptors (Lipinski definition) is 3. The van der Waals surface area contributed by atoms with Crippen molar-refractivity contribution in [3.8, 4) is 0 Å². The Balaban J connectivity index is 1.53. The lowest BCUT2D eigenvalue weighted by atomic mass is 9.99. The zero-order valence-corrected chi connectivity index (χ0v) is 15.5. The highest BCUT2D eigenvalue weighted by Gasteiger charge is 2.13. The molecular weight excluding hydrogens is 310 g/mol. The fraction of sp³-hybridized carbons (Fsp3) is 0.524. The highest BCUT2D eigenvalue weighted by atomic mass is 16.1. The molecule has 4 nitrogen and oxygen atoms in total. The summed E-state index contributed by atoms with van der Waals surface area (Å²) >= 11 is 0. The highest BCUT2D eigenvalue weighted by molar-refractivity contribution is 5.86. The second kappa shape index (κ2) is 8.43. The second-order valence-electron chi connectivity index (χ2n) is 7.10. The first-order valence-electron chi connectivity index (χ1n) is 9.49. The van der Waals surface area contributed by atoms with Crippen molar-refractivity contribution in [1.82, 2.24) is 15.2 Å². The number of carbonyl (C=O) groups is 1. The molecule has 134 valence electrons. The standard InChI is InChI=1S/C21H29N3O/c1-16-18-9-4-5-10-20(18)23-17(2)19(16)15-21(25)22-11-8-14-24-12-6-3-7-13-24/h4-5,9-10H,3,6-8,11-15H2,1-2H3,(H,22,25). The first-order chi connectivity index (χ1) is 12.1. The van der Waals surface area contributed by atoms with E-state index >= 15 is 0 Å². The summed E-state index contributed by atoms with van der Waals surface area (Å²) in [5.74, 6) is 0.0990. The first-order valence-corrected chi connectivity index (χ1v) is 9.49. The molecule has 0 spiro atoms. The molecule has 0 atom stereocenters. The maximum atomic E-state index is 12.4. The minimum absolute atomic E-state index is 0.0990. The molecule has 1 aliphatic rings. The predicted octanol–water partition coefficient (Wildman–Crippen LogP) is 3.39. The Hall–Kier alpha value is -1.94. The normalized spacial score (nSPS) is 15.4. The molecule has 1 N–H and O–H groups in total. The van der Waals surface area contributed by atoms with Crippen molar-refractivity contribution >= 4 is 16.8 Å². The van der Waals surface area contributed by atoms with Gasteiger partial charge in [0.25, 0.3) is 0 Å². The minimum Gasteiger partial charge on any atom is -0.356 e. The van der Waals surface area contributed by atoms with Crippen molar-refractivity contribution in [2.45, 2.75) is 46.0 Å². The molecule has 0 unspecified atom stereocenters. The molecule has 0 aliphatic carbocycles. The van der Waals surface area contributed by atoms with E-state index in [2.05, 4.69) is 28.2 Å². The molecule has 1 saturated heterocycles. The van der Waals surface area contributed by atoms with E-state index in [1.54, 1.807) is 0 Å². The number of carbonyl (C=O) groups excluding carboxylic acids is 1. The van der Waals surface area contributed by atoms with Gasteiger partial charge in [-0.2, -0.15) is 0 Å². The van der Waals surface area contributed by atoms with Gasteiger partial charge in [-0.25, -0.2) is 0 Å². The van der Waals surface area contributed by atoms with E-state index in [1.807, 2.05) is 25.1 Å². The molecular formula is C21H29N3O. The predicted molar refractivity (Wildman–Crippen MR) is 103 cm³/mol. The van der Waals surface area contributed by atoms with Crippen LogP contribution in [-0.2, 0) is 11.2 Å². The molecule has 1 aromatic carbocycles. The van der Waals surface area contributed by atoms with Crippen molar-refractivity contribution in [3.63, 3.8) is 0 Å². The van der Waals surface area contributed by atoms with Crippen LogP contribution in [0.4, 0.5) is 0 Å². The SMILES string of the molecule is Cc1nc2ccccc2c(C)c1CC(=O)NCCCN1CCCCC1. The van der Waals surface area contributed by atoms with E-state index in [4.69, 9.17) is 0 Å². The lowest BCUT2D eigenvalue weighted by molar-refractivity contribution is -0.120. The molecule has 0 bridgehead atoms. The van der Waals surface area contributed by atoms with Crippen LogP contribution in [0.1, 0.15) is 42.5 Å². The molecule has 1 fully saturated rings. The van der Waals surface area contributed by atoms with Gasteiger partial charge in [-0.15, -0.1) is 0 Å². The summed E-state index contributed by atoms with van der Waals surface area (Å²) in [6.45, 7) is 8.38. The average Bonchev–Trinajstić information content (AvgIpc) is 2.63. The molecule has 2 aromatic rings. The van der Waals surface area contributed by atoms with Crippen LogP contribution in [0, 0.1) is 13.8 Å². The van der Waals surface area contributed by atoms with E-state index < -0.39 is 0 Å². The summed E-state index contributed by atoms with van der Waals surface area (Å²) < 4.78 is 0. The topological polar surface area (TPSA) is 45.2 Å². The third kappa shape index (κ3) is 4.57. The summed E-state index contributed by atoms with van der Waals surface area (Å²) in [5, 5.41) is 4.22. The van der Waals surface area contributed by atoms with Gasteiger partial charge in [0.15, 0.2) is 0 Å². The summed E-state index contributed by atoms with van der Waals surface area (Å²) in [7, 11) is 0. The van der Waals surface area contributed by atoms with Crippen molar-refractivity contribution in [2.75, 3.05) is 26.2 Å². The molecule has 1 amide bonds. The Labute approximate surface area is 150 Å². The Kier molecular flexibility index (Phi) is 6.03. The third-order valence-electron chi connectivity index (χ3n) is 5.24. The molecule has 0 radical (unpaired) electrons. The second-order valence-corrected chi connectivity index (χ2v) is 7.10. The van der Waals surface area contributed by atoms with Crippen LogP contribution >= 0.6 is 0 Å². The van der Waals surface area contributed by atoms with Gasteiger partial charge in [0, 0.05) is 17.6 Å².